The van der Waals surface area contributed by atoms with E-state index in [9.17, 15) is 4.39 Å². The summed E-state index contributed by atoms with van der Waals surface area (Å²) in [5.74, 6) is 0. The zero-order valence-electron chi connectivity index (χ0n) is 6.93. The summed E-state index contributed by atoms with van der Waals surface area (Å²) in [5.41, 5.74) is 6.52. The minimum absolute atomic E-state index is 0.302. The lowest BCUT2D eigenvalue weighted by Gasteiger charge is -2.11. The first-order valence-corrected chi connectivity index (χ1v) is 5.08. The molecule has 0 aliphatic rings. The van der Waals surface area contributed by atoms with Crippen molar-refractivity contribution in [2.24, 2.45) is 5.73 Å². The average molecular weight is 267 g/mol. The van der Waals surface area contributed by atoms with Crippen molar-refractivity contribution in [3.63, 3.8) is 0 Å². The SMILES string of the molecule is N[C@H](CCF)c1cc(Br)ccc1Cl. The first-order chi connectivity index (χ1) is 6.15. The van der Waals surface area contributed by atoms with E-state index >= 15 is 0 Å². The van der Waals surface area contributed by atoms with Gasteiger partial charge in [0.15, 0.2) is 0 Å². The summed E-state index contributed by atoms with van der Waals surface area (Å²) in [4.78, 5) is 0. The molecule has 0 saturated heterocycles. The highest BCUT2D eigenvalue weighted by Crippen LogP contribution is 2.26. The third-order valence-electron chi connectivity index (χ3n) is 1.78. The molecular weight excluding hydrogens is 256 g/mol. The zero-order chi connectivity index (χ0) is 9.84. The smallest absolute Gasteiger partial charge is 0.0912 e. The van der Waals surface area contributed by atoms with Crippen LogP contribution < -0.4 is 5.73 Å². The Bertz CT molecular complexity index is 293. The van der Waals surface area contributed by atoms with Crippen molar-refractivity contribution in [3.05, 3.63) is 33.3 Å². The van der Waals surface area contributed by atoms with Gasteiger partial charge < -0.3 is 5.73 Å². The van der Waals surface area contributed by atoms with Crippen LogP contribution in [0.25, 0.3) is 0 Å². The minimum atomic E-state index is -0.427. The lowest BCUT2D eigenvalue weighted by molar-refractivity contribution is 0.442. The van der Waals surface area contributed by atoms with Gasteiger partial charge in [0, 0.05) is 15.5 Å². The molecule has 2 N–H and O–H groups in total. The highest BCUT2D eigenvalue weighted by Gasteiger charge is 2.09. The minimum Gasteiger partial charge on any atom is -0.324 e. The van der Waals surface area contributed by atoms with E-state index in [1.807, 2.05) is 12.1 Å². The molecule has 72 valence electrons. The van der Waals surface area contributed by atoms with E-state index < -0.39 is 6.67 Å². The van der Waals surface area contributed by atoms with E-state index in [-0.39, 0.29) is 6.04 Å². The molecule has 0 spiro atoms. The van der Waals surface area contributed by atoms with Gasteiger partial charge in [0.25, 0.3) is 0 Å². The number of benzene rings is 1. The van der Waals surface area contributed by atoms with E-state index in [1.54, 1.807) is 6.07 Å². The van der Waals surface area contributed by atoms with Crippen LogP contribution in [0.15, 0.2) is 22.7 Å². The Morgan fingerprint density at radius 1 is 1.54 bits per heavy atom. The first kappa shape index (κ1) is 11.0. The van der Waals surface area contributed by atoms with E-state index in [0.717, 1.165) is 10.0 Å². The van der Waals surface area contributed by atoms with Crippen LogP contribution in [0.1, 0.15) is 18.0 Å². The molecule has 0 unspecified atom stereocenters. The number of rotatable bonds is 3. The van der Waals surface area contributed by atoms with Crippen LogP contribution in [0.5, 0.6) is 0 Å². The normalized spacial score (nSPS) is 12.9. The molecule has 0 bridgehead atoms. The van der Waals surface area contributed by atoms with Gasteiger partial charge in [-0.05, 0) is 30.2 Å². The van der Waals surface area contributed by atoms with E-state index in [1.165, 1.54) is 0 Å². The van der Waals surface area contributed by atoms with Gasteiger partial charge in [-0.1, -0.05) is 27.5 Å². The molecule has 1 aromatic carbocycles. The molecule has 0 aliphatic carbocycles. The van der Waals surface area contributed by atoms with Crippen LogP contribution in [0.2, 0.25) is 5.02 Å². The van der Waals surface area contributed by atoms with Crippen LogP contribution in [0.4, 0.5) is 4.39 Å². The Kier molecular flexibility index (Phi) is 4.16. The summed E-state index contributed by atoms with van der Waals surface area (Å²) in [6, 6.07) is 5.07. The van der Waals surface area contributed by atoms with Crippen molar-refractivity contribution in [1.82, 2.24) is 0 Å². The van der Waals surface area contributed by atoms with Crippen LogP contribution in [0, 0.1) is 0 Å². The molecule has 0 aliphatic heterocycles. The summed E-state index contributed by atoms with van der Waals surface area (Å²) in [6.07, 6.45) is 0.302. The maximum Gasteiger partial charge on any atom is 0.0912 e. The predicted molar refractivity (Wildman–Crippen MR) is 56.7 cm³/mol. The number of halogens is 3. The van der Waals surface area contributed by atoms with Crippen molar-refractivity contribution < 1.29 is 4.39 Å². The molecule has 13 heavy (non-hydrogen) atoms. The lowest BCUT2D eigenvalue weighted by Crippen LogP contribution is -2.11. The quantitative estimate of drug-likeness (QED) is 0.891. The molecule has 4 heteroatoms. The van der Waals surface area contributed by atoms with E-state index in [2.05, 4.69) is 15.9 Å². The average Bonchev–Trinajstić information content (AvgIpc) is 2.09. The molecule has 1 aromatic rings. The summed E-state index contributed by atoms with van der Waals surface area (Å²) in [7, 11) is 0. The number of nitrogens with two attached hydrogens (primary N) is 1. The topological polar surface area (TPSA) is 26.0 Å². The Morgan fingerprint density at radius 2 is 2.23 bits per heavy atom. The maximum atomic E-state index is 12.0. The van der Waals surface area contributed by atoms with Gasteiger partial charge in [-0.2, -0.15) is 0 Å². The summed E-state index contributed by atoms with van der Waals surface area (Å²) >= 11 is 9.21. The Morgan fingerprint density at radius 3 is 2.85 bits per heavy atom. The molecule has 0 aromatic heterocycles. The van der Waals surface area contributed by atoms with Gasteiger partial charge in [0.2, 0.25) is 0 Å². The molecule has 0 saturated carbocycles. The Labute approximate surface area is 90.2 Å². The fraction of sp³-hybridized carbons (Fsp3) is 0.333. The Hall–Kier alpha value is -0.120. The van der Waals surface area contributed by atoms with E-state index in [0.29, 0.717) is 11.4 Å². The van der Waals surface area contributed by atoms with Gasteiger partial charge in [-0.25, -0.2) is 0 Å². The zero-order valence-corrected chi connectivity index (χ0v) is 9.28. The largest absolute Gasteiger partial charge is 0.324 e. The second-order valence-corrected chi connectivity index (χ2v) is 4.07. The summed E-state index contributed by atoms with van der Waals surface area (Å²) in [5, 5.41) is 0.587. The predicted octanol–water partition coefficient (Wildman–Crippen LogP) is 3.46. The first-order valence-electron chi connectivity index (χ1n) is 3.91. The van der Waals surface area contributed by atoms with Crippen molar-refractivity contribution in [2.45, 2.75) is 12.5 Å². The van der Waals surface area contributed by atoms with Crippen molar-refractivity contribution >= 4 is 27.5 Å². The molecular formula is C9H10BrClFN. The second-order valence-electron chi connectivity index (χ2n) is 2.75. The number of alkyl halides is 1. The lowest BCUT2D eigenvalue weighted by atomic mass is 10.1. The summed E-state index contributed by atoms with van der Waals surface area (Å²) in [6.45, 7) is -0.427. The van der Waals surface area contributed by atoms with Crippen molar-refractivity contribution in [1.29, 1.82) is 0 Å². The third kappa shape index (κ3) is 2.93. The Balaban J connectivity index is 2.91. The van der Waals surface area contributed by atoms with Crippen LogP contribution in [-0.2, 0) is 0 Å². The molecule has 0 fully saturated rings. The van der Waals surface area contributed by atoms with Gasteiger partial charge in [-0.15, -0.1) is 0 Å². The molecule has 0 heterocycles. The van der Waals surface area contributed by atoms with Crippen LogP contribution in [-0.4, -0.2) is 6.67 Å². The monoisotopic (exact) mass is 265 g/mol. The van der Waals surface area contributed by atoms with Gasteiger partial charge in [0.1, 0.15) is 0 Å². The van der Waals surface area contributed by atoms with E-state index in [4.69, 9.17) is 17.3 Å². The highest BCUT2D eigenvalue weighted by molar-refractivity contribution is 9.10. The van der Waals surface area contributed by atoms with Crippen molar-refractivity contribution in [2.75, 3.05) is 6.67 Å². The maximum absolute atomic E-state index is 12.0. The number of hydrogen-bond donors (Lipinski definition) is 1. The third-order valence-corrected chi connectivity index (χ3v) is 2.62. The summed E-state index contributed by atoms with van der Waals surface area (Å²) < 4.78 is 12.9. The van der Waals surface area contributed by atoms with Gasteiger partial charge in [-0.3, -0.25) is 4.39 Å². The van der Waals surface area contributed by atoms with Crippen LogP contribution in [0.3, 0.4) is 0 Å². The molecule has 0 radical (unpaired) electrons. The van der Waals surface area contributed by atoms with Gasteiger partial charge in [0.05, 0.1) is 6.67 Å². The fourth-order valence-electron chi connectivity index (χ4n) is 1.07. The van der Waals surface area contributed by atoms with Crippen LogP contribution >= 0.6 is 27.5 Å². The molecule has 1 atom stereocenters. The molecule has 1 rings (SSSR count). The van der Waals surface area contributed by atoms with Gasteiger partial charge >= 0.3 is 0 Å². The fourth-order valence-corrected chi connectivity index (χ4v) is 1.71. The molecule has 0 amide bonds. The second kappa shape index (κ2) is 4.94. The number of hydrogen-bond acceptors (Lipinski definition) is 1. The standard InChI is InChI=1S/C9H10BrClFN/c10-6-1-2-8(11)7(5-6)9(13)3-4-12/h1-2,5,9H,3-4,13H2/t9-/m1/s1. The highest BCUT2D eigenvalue weighted by atomic mass is 79.9. The molecule has 1 nitrogen and oxygen atoms in total. The van der Waals surface area contributed by atoms with Crippen molar-refractivity contribution in [3.8, 4) is 0 Å².